The van der Waals surface area contributed by atoms with Crippen LogP contribution < -0.4 is 4.74 Å². The Balaban J connectivity index is 1.74. The van der Waals surface area contributed by atoms with Crippen molar-refractivity contribution in [3.8, 4) is 5.75 Å². The van der Waals surface area contributed by atoms with Gasteiger partial charge in [0, 0.05) is 0 Å². The summed E-state index contributed by atoms with van der Waals surface area (Å²) in [7, 11) is 0. The van der Waals surface area contributed by atoms with E-state index >= 15 is 0 Å². The lowest BCUT2D eigenvalue weighted by atomic mass is 10.1. The number of unbranched alkanes of at least 4 members (excludes halogenated alkanes) is 1. The number of benzene rings is 2. The predicted molar refractivity (Wildman–Crippen MR) is 76.3 cm³/mol. The van der Waals surface area contributed by atoms with E-state index in [-0.39, 0.29) is 5.75 Å². The van der Waals surface area contributed by atoms with Gasteiger partial charge in [0.15, 0.2) is 0 Å². The molecule has 0 aliphatic heterocycles. The summed E-state index contributed by atoms with van der Waals surface area (Å²) in [5, 5.41) is 0. The topological polar surface area (TPSA) is 9.23 Å². The number of aryl methyl sites for hydroxylation is 1. The van der Waals surface area contributed by atoms with Crippen LogP contribution in [0.3, 0.4) is 0 Å². The first-order chi connectivity index (χ1) is 10.1. The zero-order valence-corrected chi connectivity index (χ0v) is 11.6. The van der Waals surface area contributed by atoms with Gasteiger partial charge in [-0.3, -0.25) is 0 Å². The van der Waals surface area contributed by atoms with Crippen molar-refractivity contribution in [3.05, 3.63) is 65.7 Å². The van der Waals surface area contributed by atoms with Crippen molar-refractivity contribution in [3.63, 3.8) is 0 Å². The molecule has 21 heavy (non-hydrogen) atoms. The van der Waals surface area contributed by atoms with E-state index in [2.05, 4.69) is 12.1 Å². The minimum absolute atomic E-state index is 0.268. The van der Waals surface area contributed by atoms with Crippen molar-refractivity contribution < 1.29 is 17.9 Å². The van der Waals surface area contributed by atoms with E-state index in [9.17, 15) is 13.2 Å². The molecule has 0 saturated carbocycles. The van der Waals surface area contributed by atoms with Crippen LogP contribution in [-0.4, -0.2) is 6.61 Å². The van der Waals surface area contributed by atoms with Gasteiger partial charge in [0.25, 0.3) is 0 Å². The second-order valence-corrected chi connectivity index (χ2v) is 4.82. The van der Waals surface area contributed by atoms with Gasteiger partial charge < -0.3 is 4.74 Å². The second kappa shape index (κ2) is 7.16. The lowest BCUT2D eigenvalue weighted by Gasteiger charge is -2.10. The average molecular weight is 294 g/mol. The van der Waals surface area contributed by atoms with E-state index in [1.807, 2.05) is 18.2 Å². The first kappa shape index (κ1) is 15.4. The van der Waals surface area contributed by atoms with Gasteiger partial charge in [-0.15, -0.1) is 0 Å². The Morgan fingerprint density at radius 3 is 2.33 bits per heavy atom. The van der Waals surface area contributed by atoms with Crippen LogP contribution in [0.1, 0.15) is 24.0 Å². The van der Waals surface area contributed by atoms with Crippen LogP contribution in [0.25, 0.3) is 0 Å². The molecular formula is C17H17F3O. The van der Waals surface area contributed by atoms with Crippen LogP contribution in [0.2, 0.25) is 0 Å². The van der Waals surface area contributed by atoms with Gasteiger partial charge in [0.2, 0.25) is 0 Å². The summed E-state index contributed by atoms with van der Waals surface area (Å²) in [5.41, 5.74) is 0.584. The van der Waals surface area contributed by atoms with Crippen LogP contribution in [0, 0.1) is 0 Å². The SMILES string of the molecule is FC(F)(F)c1cccc(OCCCCc2ccccc2)c1. The zero-order chi connectivity index (χ0) is 15.1. The van der Waals surface area contributed by atoms with Crippen molar-refractivity contribution in [2.45, 2.75) is 25.4 Å². The normalized spacial score (nSPS) is 11.4. The smallest absolute Gasteiger partial charge is 0.416 e. The molecule has 0 N–H and O–H groups in total. The van der Waals surface area contributed by atoms with Gasteiger partial charge in [-0.25, -0.2) is 0 Å². The van der Waals surface area contributed by atoms with E-state index in [0.717, 1.165) is 31.4 Å². The Kier molecular flexibility index (Phi) is 5.26. The van der Waals surface area contributed by atoms with Gasteiger partial charge in [-0.05, 0) is 43.0 Å². The minimum atomic E-state index is -4.33. The Morgan fingerprint density at radius 2 is 1.62 bits per heavy atom. The average Bonchev–Trinajstić information content (AvgIpc) is 2.47. The van der Waals surface area contributed by atoms with Crippen molar-refractivity contribution in [1.82, 2.24) is 0 Å². The Hall–Kier alpha value is -1.97. The third-order valence-corrected chi connectivity index (χ3v) is 3.13. The molecule has 2 rings (SSSR count). The van der Waals surface area contributed by atoms with Crippen LogP contribution in [0.5, 0.6) is 5.75 Å². The molecule has 0 atom stereocenters. The van der Waals surface area contributed by atoms with Crippen molar-refractivity contribution in [1.29, 1.82) is 0 Å². The highest BCUT2D eigenvalue weighted by Gasteiger charge is 2.30. The molecule has 1 nitrogen and oxygen atoms in total. The summed E-state index contributed by atoms with van der Waals surface area (Å²) in [6.07, 6.45) is -1.62. The number of hydrogen-bond donors (Lipinski definition) is 0. The maximum atomic E-state index is 12.5. The summed E-state index contributed by atoms with van der Waals surface area (Å²) in [5.74, 6) is 0.268. The summed E-state index contributed by atoms with van der Waals surface area (Å²) >= 11 is 0. The molecule has 0 radical (unpaired) electrons. The van der Waals surface area contributed by atoms with Crippen molar-refractivity contribution in [2.24, 2.45) is 0 Å². The number of alkyl halides is 3. The lowest BCUT2D eigenvalue weighted by molar-refractivity contribution is -0.137. The van der Waals surface area contributed by atoms with Crippen molar-refractivity contribution >= 4 is 0 Å². The molecule has 0 aliphatic rings. The third kappa shape index (κ3) is 5.14. The fourth-order valence-electron chi connectivity index (χ4n) is 2.03. The van der Waals surface area contributed by atoms with Gasteiger partial charge in [-0.1, -0.05) is 36.4 Å². The molecule has 0 spiro atoms. The molecule has 112 valence electrons. The van der Waals surface area contributed by atoms with E-state index in [4.69, 9.17) is 4.74 Å². The van der Waals surface area contributed by atoms with Crippen LogP contribution >= 0.6 is 0 Å². The molecule has 0 aromatic heterocycles. The van der Waals surface area contributed by atoms with Gasteiger partial charge in [-0.2, -0.15) is 13.2 Å². The van der Waals surface area contributed by atoms with E-state index in [1.165, 1.54) is 11.6 Å². The summed E-state index contributed by atoms with van der Waals surface area (Å²) in [6, 6.07) is 15.1. The molecule has 2 aromatic rings. The molecule has 0 amide bonds. The highest BCUT2D eigenvalue weighted by atomic mass is 19.4. The third-order valence-electron chi connectivity index (χ3n) is 3.13. The molecular weight excluding hydrogens is 277 g/mol. The largest absolute Gasteiger partial charge is 0.494 e. The monoisotopic (exact) mass is 294 g/mol. The molecule has 0 bridgehead atoms. The first-order valence-electron chi connectivity index (χ1n) is 6.90. The number of ether oxygens (including phenoxy) is 1. The molecule has 0 heterocycles. The molecule has 0 saturated heterocycles. The van der Waals surface area contributed by atoms with Crippen LogP contribution in [0.4, 0.5) is 13.2 Å². The van der Waals surface area contributed by atoms with Crippen LogP contribution in [0.15, 0.2) is 54.6 Å². The lowest BCUT2D eigenvalue weighted by Crippen LogP contribution is -2.05. The van der Waals surface area contributed by atoms with Crippen LogP contribution in [-0.2, 0) is 12.6 Å². The number of halogens is 3. The fraction of sp³-hybridized carbons (Fsp3) is 0.294. The molecule has 0 aliphatic carbocycles. The standard InChI is InChI=1S/C17H17F3O/c18-17(19,20)15-10-6-11-16(13-15)21-12-5-4-9-14-7-2-1-3-8-14/h1-3,6-8,10-11,13H,4-5,9,12H2. The summed E-state index contributed by atoms with van der Waals surface area (Å²) in [6.45, 7) is 0.425. The minimum Gasteiger partial charge on any atom is -0.494 e. The maximum Gasteiger partial charge on any atom is 0.416 e. The highest BCUT2D eigenvalue weighted by molar-refractivity contribution is 5.30. The molecule has 0 unspecified atom stereocenters. The molecule has 4 heteroatoms. The summed E-state index contributed by atoms with van der Waals surface area (Å²) < 4.78 is 43.0. The fourth-order valence-corrected chi connectivity index (χ4v) is 2.03. The summed E-state index contributed by atoms with van der Waals surface area (Å²) in [4.78, 5) is 0. The van der Waals surface area contributed by atoms with E-state index < -0.39 is 11.7 Å². The first-order valence-corrected chi connectivity index (χ1v) is 6.90. The van der Waals surface area contributed by atoms with Gasteiger partial charge in [0.1, 0.15) is 5.75 Å². The highest BCUT2D eigenvalue weighted by Crippen LogP contribution is 2.31. The van der Waals surface area contributed by atoms with Gasteiger partial charge >= 0.3 is 6.18 Å². The molecule has 2 aromatic carbocycles. The Morgan fingerprint density at radius 1 is 0.857 bits per heavy atom. The predicted octanol–water partition coefficient (Wildman–Crippen LogP) is 5.11. The maximum absolute atomic E-state index is 12.5. The zero-order valence-electron chi connectivity index (χ0n) is 11.6. The van der Waals surface area contributed by atoms with Gasteiger partial charge in [0.05, 0.1) is 12.2 Å². The molecule has 0 fully saturated rings. The number of rotatable bonds is 6. The van der Waals surface area contributed by atoms with E-state index in [1.54, 1.807) is 6.07 Å². The van der Waals surface area contributed by atoms with E-state index in [0.29, 0.717) is 6.61 Å². The number of hydrogen-bond acceptors (Lipinski definition) is 1. The quantitative estimate of drug-likeness (QED) is 0.673. The van der Waals surface area contributed by atoms with Crippen molar-refractivity contribution in [2.75, 3.05) is 6.61 Å². The Bertz CT molecular complexity index is 549. The Labute approximate surface area is 122 Å². The second-order valence-electron chi connectivity index (χ2n) is 4.82.